The quantitative estimate of drug-likeness (QED) is 0.290. The Balaban J connectivity index is 0.923. The number of rotatable bonds is 6. The zero-order valence-electron chi connectivity index (χ0n) is 26.1. The van der Waals surface area contributed by atoms with E-state index in [0.717, 1.165) is 33.0 Å². The number of H-pyrrole nitrogens is 1. The smallest absolute Gasteiger partial charge is 0.239 e. The molecule has 5 aromatic rings. The largest absolute Gasteiger partial charge is 0.337 e. The molecule has 1 aromatic carbocycles. The minimum atomic E-state index is -0.540. The van der Waals surface area contributed by atoms with Gasteiger partial charge in [0.1, 0.15) is 34.2 Å². The number of benzene rings is 1. The Morgan fingerprint density at radius 3 is 2.68 bits per heavy atom. The lowest BCUT2D eigenvalue weighted by Crippen LogP contribution is -2.48. The van der Waals surface area contributed by atoms with Crippen LogP contribution in [0.5, 0.6) is 0 Å². The molecule has 2 amide bonds. The molecule has 47 heavy (non-hydrogen) atoms. The lowest BCUT2D eigenvalue weighted by molar-refractivity contribution is -0.136. The molecule has 0 aliphatic carbocycles. The van der Waals surface area contributed by atoms with Crippen LogP contribution in [-0.4, -0.2) is 95.3 Å². The van der Waals surface area contributed by atoms with Crippen LogP contribution in [0.2, 0.25) is 0 Å². The van der Waals surface area contributed by atoms with Gasteiger partial charge in [-0.2, -0.15) is 10.2 Å². The predicted octanol–water partition coefficient (Wildman–Crippen LogP) is 4.15. The summed E-state index contributed by atoms with van der Waals surface area (Å²) in [6, 6.07) is 9.51. The molecule has 4 aromatic heterocycles. The zero-order valence-corrected chi connectivity index (χ0v) is 26.9. The molecule has 2 fully saturated rings. The summed E-state index contributed by atoms with van der Waals surface area (Å²) in [5.74, 6) is 1.05. The highest BCUT2D eigenvalue weighted by molar-refractivity contribution is 7.16. The number of aromatic nitrogens is 7. The number of carbonyl (C=O) groups excluding carboxylic acids is 2. The number of aromatic amines is 1. The number of anilines is 1. The van der Waals surface area contributed by atoms with Gasteiger partial charge in [-0.25, -0.2) is 19.3 Å². The van der Waals surface area contributed by atoms with Gasteiger partial charge in [-0.1, -0.05) is 6.08 Å². The second-order valence-electron chi connectivity index (χ2n) is 12.6. The number of pyridine rings is 1. The fourth-order valence-corrected chi connectivity index (χ4v) is 7.88. The van der Waals surface area contributed by atoms with Gasteiger partial charge in [-0.05, 0) is 68.2 Å². The van der Waals surface area contributed by atoms with Gasteiger partial charge in [0.15, 0.2) is 5.82 Å². The summed E-state index contributed by atoms with van der Waals surface area (Å²) in [5.41, 5.74) is 3.33. The van der Waals surface area contributed by atoms with Crippen molar-refractivity contribution in [1.29, 1.82) is 0 Å². The van der Waals surface area contributed by atoms with Crippen LogP contribution in [0.25, 0.3) is 38.6 Å². The number of halogens is 1. The van der Waals surface area contributed by atoms with Gasteiger partial charge in [0.25, 0.3) is 0 Å². The maximum Gasteiger partial charge on any atom is 0.239 e. The Morgan fingerprint density at radius 1 is 1.09 bits per heavy atom. The normalized spacial score (nSPS) is 20.9. The van der Waals surface area contributed by atoms with Crippen molar-refractivity contribution in [2.24, 2.45) is 12.5 Å². The van der Waals surface area contributed by atoms with Crippen LogP contribution in [0.3, 0.4) is 0 Å². The van der Waals surface area contributed by atoms with Crippen molar-refractivity contribution in [3.63, 3.8) is 0 Å². The number of aryl methyl sites for hydroxylation is 1. The van der Waals surface area contributed by atoms with E-state index in [9.17, 15) is 14.0 Å². The molecule has 2 saturated heterocycles. The zero-order chi connectivity index (χ0) is 32.3. The van der Waals surface area contributed by atoms with Crippen LogP contribution in [0.4, 0.5) is 10.2 Å². The number of amides is 2. The van der Waals surface area contributed by atoms with E-state index in [2.05, 4.69) is 36.2 Å². The Labute approximate surface area is 273 Å². The lowest BCUT2D eigenvalue weighted by Gasteiger charge is -2.32. The first kappa shape index (κ1) is 29.6. The van der Waals surface area contributed by atoms with E-state index >= 15 is 0 Å². The number of hydrogen-bond donors (Lipinski definition) is 1. The maximum absolute atomic E-state index is 14.0. The number of likely N-dealkylation sites (tertiary alicyclic amines) is 1. The molecule has 14 heteroatoms. The van der Waals surface area contributed by atoms with Crippen LogP contribution in [0.15, 0.2) is 55.0 Å². The first-order chi connectivity index (χ1) is 22.8. The van der Waals surface area contributed by atoms with Crippen molar-refractivity contribution in [1.82, 2.24) is 44.7 Å². The van der Waals surface area contributed by atoms with E-state index in [1.807, 2.05) is 37.2 Å². The molecule has 7 heterocycles. The number of nitrogens with one attached hydrogen (secondary N) is 1. The van der Waals surface area contributed by atoms with Gasteiger partial charge in [0.05, 0.1) is 21.9 Å². The summed E-state index contributed by atoms with van der Waals surface area (Å²) in [5, 5.41) is 12.7. The second kappa shape index (κ2) is 11.5. The Bertz CT molecular complexity index is 2030. The summed E-state index contributed by atoms with van der Waals surface area (Å²) in [7, 11) is 1.84. The second-order valence-corrected chi connectivity index (χ2v) is 13.6. The molecule has 0 saturated carbocycles. The molecular weight excluding hydrogens is 619 g/mol. The van der Waals surface area contributed by atoms with Crippen LogP contribution in [0, 0.1) is 11.2 Å². The lowest BCUT2D eigenvalue weighted by atomic mass is 9.85. The Morgan fingerprint density at radius 2 is 1.91 bits per heavy atom. The first-order valence-electron chi connectivity index (χ1n) is 15.8. The van der Waals surface area contributed by atoms with Gasteiger partial charge < -0.3 is 4.90 Å². The number of fused-ring (bicyclic) bond motifs is 1. The topological polar surface area (TPSA) is 129 Å². The fraction of sp³-hybridized carbons (Fsp3) is 0.364. The van der Waals surface area contributed by atoms with E-state index in [0.29, 0.717) is 68.4 Å². The van der Waals surface area contributed by atoms with E-state index in [1.165, 1.54) is 12.1 Å². The number of carbonyl (C=O) groups is 2. The summed E-state index contributed by atoms with van der Waals surface area (Å²) in [4.78, 5) is 48.1. The summed E-state index contributed by atoms with van der Waals surface area (Å²) >= 11 is 1.57. The minimum Gasteiger partial charge on any atom is -0.337 e. The summed E-state index contributed by atoms with van der Waals surface area (Å²) in [6.07, 6.45) is 7.72. The molecule has 8 rings (SSSR count). The molecule has 3 aliphatic rings. The highest BCUT2D eigenvalue weighted by Gasteiger charge is 2.52. The van der Waals surface area contributed by atoms with Crippen molar-refractivity contribution in [3.8, 4) is 22.0 Å². The number of hydrogen-bond acceptors (Lipinski definition) is 9. The van der Waals surface area contributed by atoms with Gasteiger partial charge in [-0.3, -0.25) is 29.2 Å². The molecule has 240 valence electrons. The average Bonchev–Trinajstić information content (AvgIpc) is 3.93. The van der Waals surface area contributed by atoms with Gasteiger partial charge in [0.2, 0.25) is 11.8 Å². The van der Waals surface area contributed by atoms with Crippen LogP contribution < -0.4 is 4.90 Å². The molecule has 0 bridgehead atoms. The standard InChI is InChI=1S/C33H33FN10O2S/c1-20(31(45)42-13-9-22(10-14-42)30-35-17-25(47-30)29-36-19-41(2)40-29)43-15-11-33(18-43)12-16-44(32(33)46)26-8-7-24-28(37-26)27(39-38-24)21-3-5-23(34)6-4-21/h3-9,17,19-20H,10-16,18H2,1-2H3,(H,38,39)/t20?,33-/m0/s1. The molecule has 0 radical (unpaired) electrons. The Hall–Kier alpha value is -4.82. The highest BCUT2D eigenvalue weighted by atomic mass is 32.1. The van der Waals surface area contributed by atoms with Crippen LogP contribution in [0.1, 0.15) is 31.2 Å². The van der Waals surface area contributed by atoms with Crippen molar-refractivity contribution < 1.29 is 14.0 Å². The molecule has 1 unspecified atom stereocenters. The van der Waals surface area contributed by atoms with Crippen molar-refractivity contribution >= 4 is 45.6 Å². The molecular formula is C33H33FN10O2S. The van der Waals surface area contributed by atoms with Gasteiger partial charge >= 0.3 is 0 Å². The van der Waals surface area contributed by atoms with E-state index in [-0.39, 0.29) is 23.7 Å². The molecule has 12 nitrogen and oxygen atoms in total. The third-order valence-corrected chi connectivity index (χ3v) is 10.8. The monoisotopic (exact) mass is 652 g/mol. The van der Waals surface area contributed by atoms with E-state index in [1.54, 1.807) is 39.4 Å². The molecule has 1 spiro atoms. The van der Waals surface area contributed by atoms with Gasteiger partial charge in [-0.15, -0.1) is 11.3 Å². The summed E-state index contributed by atoms with van der Waals surface area (Å²) < 4.78 is 15.2. The van der Waals surface area contributed by atoms with Crippen LogP contribution in [-0.2, 0) is 16.6 Å². The van der Waals surface area contributed by atoms with Crippen molar-refractivity contribution in [3.05, 3.63) is 65.8 Å². The van der Waals surface area contributed by atoms with E-state index < -0.39 is 5.41 Å². The minimum absolute atomic E-state index is 0.0487. The van der Waals surface area contributed by atoms with Crippen LogP contribution >= 0.6 is 11.3 Å². The average molecular weight is 653 g/mol. The predicted molar refractivity (Wildman–Crippen MR) is 176 cm³/mol. The third-order valence-electron chi connectivity index (χ3n) is 9.71. The number of nitrogens with zero attached hydrogens (tertiary/aromatic N) is 9. The molecule has 2 atom stereocenters. The van der Waals surface area contributed by atoms with Crippen molar-refractivity contribution in [2.75, 3.05) is 37.6 Å². The fourth-order valence-electron chi connectivity index (χ4n) is 6.96. The number of thiazole rings is 1. The molecule has 3 aliphatic heterocycles. The van der Waals surface area contributed by atoms with Gasteiger partial charge in [0, 0.05) is 51.5 Å². The highest BCUT2D eigenvalue weighted by Crippen LogP contribution is 2.43. The first-order valence-corrected chi connectivity index (χ1v) is 16.6. The third kappa shape index (κ3) is 5.21. The SMILES string of the molecule is CC(C(=O)N1CC=C(c2ncc(-c3ncn(C)n3)s2)CC1)N1CC[C@]2(CCN(c3ccc4[nH]nc(-c5ccc(F)cc5)c4n3)C2=O)C1. The maximum atomic E-state index is 14.0. The Kier molecular flexibility index (Phi) is 7.21. The van der Waals surface area contributed by atoms with E-state index in [4.69, 9.17) is 4.98 Å². The molecule has 1 N–H and O–H groups in total. The summed E-state index contributed by atoms with van der Waals surface area (Å²) in [6.45, 7) is 4.90. The van der Waals surface area contributed by atoms with Crippen molar-refractivity contribution in [2.45, 2.75) is 32.2 Å².